The Morgan fingerprint density at radius 1 is 1.53 bits per heavy atom. The second kappa shape index (κ2) is 5.93. The van der Waals surface area contributed by atoms with E-state index in [4.69, 9.17) is 15.2 Å². The van der Waals surface area contributed by atoms with Crippen LogP contribution in [0.2, 0.25) is 0 Å². The van der Waals surface area contributed by atoms with E-state index < -0.39 is 0 Å². The number of carbonyl (C=O) groups excluding carboxylic acids is 1. The first-order valence-corrected chi connectivity index (χ1v) is 6.44. The van der Waals surface area contributed by atoms with E-state index in [1.54, 1.807) is 18.2 Å². The van der Waals surface area contributed by atoms with Gasteiger partial charge in [0.05, 0.1) is 30.7 Å². The average Bonchev–Trinajstić information content (AvgIpc) is 2.42. The number of esters is 1. The van der Waals surface area contributed by atoms with Crippen LogP contribution in [-0.4, -0.2) is 32.3 Å². The second-order valence-electron chi connectivity index (χ2n) is 4.85. The fourth-order valence-electron chi connectivity index (χ4n) is 2.29. The highest BCUT2D eigenvalue weighted by Crippen LogP contribution is 2.28. The van der Waals surface area contributed by atoms with Crippen molar-refractivity contribution in [2.24, 2.45) is 5.92 Å². The number of nitrogens with one attached hydrogen (secondary N) is 1. The van der Waals surface area contributed by atoms with Crippen molar-refractivity contribution in [3.05, 3.63) is 23.8 Å². The summed E-state index contributed by atoms with van der Waals surface area (Å²) in [5.74, 6) is -0.00614. The van der Waals surface area contributed by atoms with Gasteiger partial charge in [-0.15, -0.1) is 0 Å². The summed E-state index contributed by atoms with van der Waals surface area (Å²) in [6, 6.07) is 5.50. The molecule has 3 N–H and O–H groups in total. The van der Waals surface area contributed by atoms with Gasteiger partial charge < -0.3 is 20.5 Å². The van der Waals surface area contributed by atoms with Crippen LogP contribution in [0.1, 0.15) is 23.7 Å². The number of nitrogen functional groups attached to an aromatic ring is 1. The number of benzene rings is 1. The largest absolute Gasteiger partial charge is 0.465 e. The molecule has 104 valence electrons. The van der Waals surface area contributed by atoms with Gasteiger partial charge in [-0.05, 0) is 24.5 Å². The second-order valence-corrected chi connectivity index (χ2v) is 4.85. The minimum Gasteiger partial charge on any atom is -0.465 e. The topological polar surface area (TPSA) is 73.6 Å². The molecule has 1 aliphatic rings. The fourth-order valence-corrected chi connectivity index (χ4v) is 2.29. The number of para-hydroxylation sites is 1. The summed E-state index contributed by atoms with van der Waals surface area (Å²) in [5.41, 5.74) is 7.67. The summed E-state index contributed by atoms with van der Waals surface area (Å²) in [6.45, 7) is 3.56. The van der Waals surface area contributed by atoms with Gasteiger partial charge in [0.2, 0.25) is 0 Å². The predicted octanol–water partition coefficient (Wildman–Crippen LogP) is 1.89. The number of nitrogens with two attached hydrogens (primary N) is 1. The van der Waals surface area contributed by atoms with E-state index in [-0.39, 0.29) is 12.0 Å². The van der Waals surface area contributed by atoms with Gasteiger partial charge in [-0.25, -0.2) is 4.79 Å². The van der Waals surface area contributed by atoms with Crippen molar-refractivity contribution in [3.63, 3.8) is 0 Å². The van der Waals surface area contributed by atoms with E-state index in [0.29, 0.717) is 22.9 Å². The molecule has 5 heteroatoms. The maximum absolute atomic E-state index is 11.8. The molecular weight excluding hydrogens is 244 g/mol. The Labute approximate surface area is 113 Å². The maximum Gasteiger partial charge on any atom is 0.340 e. The lowest BCUT2D eigenvalue weighted by atomic mass is 9.97. The number of hydrogen-bond acceptors (Lipinski definition) is 5. The first kappa shape index (κ1) is 13.7. The predicted molar refractivity (Wildman–Crippen MR) is 74.2 cm³/mol. The summed E-state index contributed by atoms with van der Waals surface area (Å²) >= 11 is 0. The highest BCUT2D eigenvalue weighted by atomic mass is 16.5. The van der Waals surface area contributed by atoms with Gasteiger partial charge in [0.25, 0.3) is 0 Å². The van der Waals surface area contributed by atoms with Crippen molar-refractivity contribution in [1.82, 2.24) is 0 Å². The van der Waals surface area contributed by atoms with Crippen LogP contribution >= 0.6 is 0 Å². The van der Waals surface area contributed by atoms with Crippen LogP contribution in [-0.2, 0) is 9.47 Å². The van der Waals surface area contributed by atoms with Crippen LogP contribution in [0, 0.1) is 5.92 Å². The van der Waals surface area contributed by atoms with Gasteiger partial charge in [0.1, 0.15) is 0 Å². The number of ether oxygens (including phenoxy) is 2. The third-order valence-corrected chi connectivity index (χ3v) is 3.47. The summed E-state index contributed by atoms with van der Waals surface area (Å²) in [7, 11) is 1.37. The lowest BCUT2D eigenvalue weighted by molar-refractivity contribution is 0.0536. The Morgan fingerprint density at radius 3 is 3.00 bits per heavy atom. The molecule has 0 bridgehead atoms. The number of rotatable bonds is 3. The molecule has 0 spiro atoms. The SMILES string of the molecule is COC(=O)c1cccc(N)c1NC1CCOCC1C. The highest BCUT2D eigenvalue weighted by Gasteiger charge is 2.24. The summed E-state index contributed by atoms with van der Waals surface area (Å²) < 4.78 is 10.2. The van der Waals surface area contributed by atoms with Crippen LogP contribution in [0.5, 0.6) is 0 Å². The Hall–Kier alpha value is -1.75. The molecule has 0 aliphatic carbocycles. The van der Waals surface area contributed by atoms with E-state index in [1.165, 1.54) is 7.11 Å². The standard InChI is InChI=1S/C14H20N2O3/c1-9-8-19-7-6-12(9)16-13-10(14(17)18-2)4-3-5-11(13)15/h3-5,9,12,16H,6-8,15H2,1-2H3. The van der Waals surface area contributed by atoms with Crippen molar-refractivity contribution in [2.45, 2.75) is 19.4 Å². The monoisotopic (exact) mass is 264 g/mol. The molecule has 1 aliphatic heterocycles. The minimum absolute atomic E-state index is 0.252. The molecule has 1 saturated heterocycles. The van der Waals surface area contributed by atoms with Gasteiger partial charge in [-0.3, -0.25) is 0 Å². The molecule has 1 heterocycles. The molecule has 5 nitrogen and oxygen atoms in total. The fraction of sp³-hybridized carbons (Fsp3) is 0.500. The van der Waals surface area contributed by atoms with E-state index in [1.807, 2.05) is 0 Å². The Bertz CT molecular complexity index is 462. The van der Waals surface area contributed by atoms with E-state index in [0.717, 1.165) is 19.6 Å². The molecule has 0 amide bonds. The van der Waals surface area contributed by atoms with Crippen LogP contribution in [0.3, 0.4) is 0 Å². The number of carbonyl (C=O) groups is 1. The Morgan fingerprint density at radius 2 is 2.32 bits per heavy atom. The third-order valence-electron chi connectivity index (χ3n) is 3.47. The van der Waals surface area contributed by atoms with Gasteiger partial charge in [0.15, 0.2) is 0 Å². The number of anilines is 2. The van der Waals surface area contributed by atoms with Crippen molar-refractivity contribution in [2.75, 3.05) is 31.4 Å². The highest BCUT2D eigenvalue weighted by molar-refractivity contribution is 5.98. The Balaban J connectivity index is 2.25. The van der Waals surface area contributed by atoms with Crippen LogP contribution in [0.25, 0.3) is 0 Å². The summed E-state index contributed by atoms with van der Waals surface area (Å²) in [6.07, 6.45) is 0.899. The van der Waals surface area contributed by atoms with Crippen molar-refractivity contribution < 1.29 is 14.3 Å². The van der Waals surface area contributed by atoms with Crippen molar-refractivity contribution in [1.29, 1.82) is 0 Å². The van der Waals surface area contributed by atoms with Gasteiger partial charge in [-0.1, -0.05) is 13.0 Å². The van der Waals surface area contributed by atoms with Crippen molar-refractivity contribution in [3.8, 4) is 0 Å². The van der Waals surface area contributed by atoms with Gasteiger partial charge >= 0.3 is 5.97 Å². The number of methoxy groups -OCH3 is 1. The van der Waals surface area contributed by atoms with Crippen LogP contribution in [0.15, 0.2) is 18.2 Å². The third kappa shape index (κ3) is 2.98. The van der Waals surface area contributed by atoms with E-state index in [9.17, 15) is 4.79 Å². The van der Waals surface area contributed by atoms with Crippen molar-refractivity contribution >= 4 is 17.3 Å². The van der Waals surface area contributed by atoms with Crippen LogP contribution < -0.4 is 11.1 Å². The molecule has 1 fully saturated rings. The summed E-state index contributed by atoms with van der Waals surface area (Å²) in [5, 5.41) is 3.38. The molecule has 2 rings (SSSR count). The molecule has 19 heavy (non-hydrogen) atoms. The normalized spacial score (nSPS) is 22.8. The van der Waals surface area contributed by atoms with E-state index >= 15 is 0 Å². The molecule has 0 saturated carbocycles. The molecule has 0 aromatic heterocycles. The lowest BCUT2D eigenvalue weighted by Gasteiger charge is -2.31. The van der Waals surface area contributed by atoms with Gasteiger partial charge in [0, 0.05) is 12.6 Å². The zero-order valence-electron chi connectivity index (χ0n) is 11.3. The first-order valence-electron chi connectivity index (χ1n) is 6.44. The molecule has 2 atom stereocenters. The zero-order chi connectivity index (χ0) is 13.8. The summed E-state index contributed by atoms with van der Waals surface area (Å²) in [4.78, 5) is 11.8. The first-order chi connectivity index (χ1) is 9.13. The maximum atomic E-state index is 11.8. The quantitative estimate of drug-likeness (QED) is 0.644. The smallest absolute Gasteiger partial charge is 0.340 e. The average molecular weight is 264 g/mol. The zero-order valence-corrected chi connectivity index (χ0v) is 11.3. The Kier molecular flexibility index (Phi) is 4.27. The molecular formula is C14H20N2O3. The van der Waals surface area contributed by atoms with Crippen LogP contribution in [0.4, 0.5) is 11.4 Å². The van der Waals surface area contributed by atoms with E-state index in [2.05, 4.69) is 12.2 Å². The number of hydrogen-bond donors (Lipinski definition) is 2. The lowest BCUT2D eigenvalue weighted by Crippen LogP contribution is -2.36. The minimum atomic E-state index is -0.380. The molecule has 1 aromatic rings. The molecule has 1 aromatic carbocycles. The van der Waals surface area contributed by atoms with Gasteiger partial charge in [-0.2, -0.15) is 0 Å². The molecule has 2 unspecified atom stereocenters. The molecule has 0 radical (unpaired) electrons.